The molecule has 0 aliphatic carbocycles. The van der Waals surface area contributed by atoms with Crippen molar-refractivity contribution in [3.05, 3.63) is 24.0 Å². The van der Waals surface area contributed by atoms with E-state index in [1.165, 1.54) is 24.2 Å². The first-order valence-electron chi connectivity index (χ1n) is 5.55. The Kier molecular flexibility index (Phi) is 3.52. The van der Waals surface area contributed by atoms with Crippen LogP contribution in [0.25, 0.3) is 0 Å². The predicted molar refractivity (Wildman–Crippen MR) is 67.5 cm³/mol. The first-order chi connectivity index (χ1) is 7.25. The minimum atomic E-state index is 0.604. The Hall–Kier alpha value is -0.700. The summed E-state index contributed by atoms with van der Waals surface area (Å²) >= 11 is 2.07. The summed E-state index contributed by atoms with van der Waals surface area (Å²) in [6.45, 7) is 4.39. The molecule has 3 heteroatoms. The number of anilines is 1. The molecule has 0 saturated carbocycles. The quantitative estimate of drug-likeness (QED) is 0.832. The molecule has 2 heterocycles. The maximum atomic E-state index is 4.21. The molecule has 0 amide bonds. The maximum absolute atomic E-state index is 4.21. The van der Waals surface area contributed by atoms with Crippen LogP contribution in [0, 0.1) is 6.92 Å². The average molecular weight is 222 g/mol. The lowest BCUT2D eigenvalue weighted by Gasteiger charge is -2.29. The summed E-state index contributed by atoms with van der Waals surface area (Å²) in [6, 6.07) is 2.77. The Morgan fingerprint density at radius 3 is 3.07 bits per heavy atom. The van der Waals surface area contributed by atoms with Crippen molar-refractivity contribution in [1.29, 1.82) is 0 Å². The molecule has 2 rings (SSSR count). The number of thioether (sulfide) groups is 1. The van der Waals surface area contributed by atoms with Crippen LogP contribution in [-0.2, 0) is 0 Å². The number of pyridine rings is 1. The summed E-state index contributed by atoms with van der Waals surface area (Å²) in [5.41, 5.74) is 2.38. The molecule has 15 heavy (non-hydrogen) atoms. The largest absolute Gasteiger partial charge is 0.380 e. The third-order valence-corrected chi connectivity index (χ3v) is 4.21. The fraction of sp³-hybridized carbons (Fsp3) is 0.583. The van der Waals surface area contributed by atoms with Gasteiger partial charge in [-0.15, -0.1) is 0 Å². The topological polar surface area (TPSA) is 24.9 Å². The van der Waals surface area contributed by atoms with Gasteiger partial charge in [-0.3, -0.25) is 4.98 Å². The molecule has 2 unspecified atom stereocenters. The van der Waals surface area contributed by atoms with E-state index in [4.69, 9.17) is 0 Å². The number of aromatic nitrogens is 1. The predicted octanol–water partition coefficient (Wildman–Crippen LogP) is 3.09. The lowest BCUT2D eigenvalue weighted by atomic mass is 10.1. The van der Waals surface area contributed by atoms with Gasteiger partial charge in [0, 0.05) is 23.7 Å². The van der Waals surface area contributed by atoms with Crippen molar-refractivity contribution in [2.24, 2.45) is 0 Å². The van der Waals surface area contributed by atoms with Gasteiger partial charge >= 0.3 is 0 Å². The highest BCUT2D eigenvalue weighted by Gasteiger charge is 2.21. The molecular weight excluding hydrogens is 204 g/mol. The molecule has 2 nitrogen and oxygen atoms in total. The smallest absolute Gasteiger partial charge is 0.0531 e. The van der Waals surface area contributed by atoms with Crippen LogP contribution in [0.1, 0.15) is 25.3 Å². The fourth-order valence-electron chi connectivity index (χ4n) is 1.96. The van der Waals surface area contributed by atoms with Gasteiger partial charge < -0.3 is 5.32 Å². The summed E-state index contributed by atoms with van der Waals surface area (Å²) in [7, 11) is 0. The second-order valence-corrected chi connectivity index (χ2v) is 5.71. The van der Waals surface area contributed by atoms with Crippen molar-refractivity contribution in [3.63, 3.8) is 0 Å². The molecule has 1 aliphatic rings. The van der Waals surface area contributed by atoms with Crippen LogP contribution >= 0.6 is 11.8 Å². The molecule has 0 spiro atoms. The van der Waals surface area contributed by atoms with Crippen LogP contribution in [-0.4, -0.2) is 22.0 Å². The second-order valence-electron chi connectivity index (χ2n) is 4.22. The standard InChI is InChI=1S/C12H18N2S/c1-9-6-11(8-13-7-9)14-12-4-3-5-15-10(12)2/h6-8,10,12,14H,3-5H2,1-2H3. The number of hydrogen-bond donors (Lipinski definition) is 1. The van der Waals surface area contributed by atoms with Crippen molar-refractivity contribution in [2.75, 3.05) is 11.1 Å². The molecule has 1 aliphatic heterocycles. The molecule has 0 aromatic carbocycles. The summed E-state index contributed by atoms with van der Waals surface area (Å²) in [6.07, 6.45) is 6.41. The van der Waals surface area contributed by atoms with Gasteiger partial charge in [-0.1, -0.05) is 6.92 Å². The van der Waals surface area contributed by atoms with E-state index in [9.17, 15) is 0 Å². The van der Waals surface area contributed by atoms with Crippen molar-refractivity contribution in [2.45, 2.75) is 38.0 Å². The van der Waals surface area contributed by atoms with E-state index in [-0.39, 0.29) is 0 Å². The lowest BCUT2D eigenvalue weighted by Crippen LogP contribution is -2.32. The number of aryl methyl sites for hydroxylation is 1. The number of nitrogens with one attached hydrogen (secondary N) is 1. The average Bonchev–Trinajstić information content (AvgIpc) is 2.22. The Morgan fingerprint density at radius 2 is 2.33 bits per heavy atom. The van der Waals surface area contributed by atoms with E-state index in [0.29, 0.717) is 11.3 Å². The molecule has 1 N–H and O–H groups in total. The normalized spacial score (nSPS) is 26.3. The fourth-order valence-corrected chi connectivity index (χ4v) is 3.10. The third-order valence-electron chi connectivity index (χ3n) is 2.83. The molecular formula is C12H18N2S. The van der Waals surface area contributed by atoms with E-state index in [1.807, 2.05) is 12.4 Å². The van der Waals surface area contributed by atoms with E-state index in [2.05, 4.69) is 42.0 Å². The monoisotopic (exact) mass is 222 g/mol. The van der Waals surface area contributed by atoms with Crippen molar-refractivity contribution >= 4 is 17.4 Å². The molecule has 0 bridgehead atoms. The summed E-state index contributed by atoms with van der Waals surface area (Å²) in [4.78, 5) is 4.21. The van der Waals surface area contributed by atoms with Crippen molar-refractivity contribution in [1.82, 2.24) is 4.98 Å². The van der Waals surface area contributed by atoms with Crippen LogP contribution in [0.4, 0.5) is 5.69 Å². The van der Waals surface area contributed by atoms with Crippen LogP contribution in [0.2, 0.25) is 0 Å². The number of nitrogens with zero attached hydrogens (tertiary/aromatic N) is 1. The molecule has 1 aromatic rings. The second kappa shape index (κ2) is 4.88. The van der Waals surface area contributed by atoms with E-state index < -0.39 is 0 Å². The highest BCUT2D eigenvalue weighted by atomic mass is 32.2. The third kappa shape index (κ3) is 2.88. The first kappa shape index (κ1) is 10.8. The molecule has 82 valence electrons. The van der Waals surface area contributed by atoms with Crippen LogP contribution in [0.15, 0.2) is 18.5 Å². The SMILES string of the molecule is Cc1cncc(NC2CCCSC2C)c1. The Labute approximate surface area is 95.9 Å². The Balaban J connectivity index is 2.01. The van der Waals surface area contributed by atoms with Crippen LogP contribution in [0.5, 0.6) is 0 Å². The van der Waals surface area contributed by atoms with Crippen LogP contribution in [0.3, 0.4) is 0 Å². The van der Waals surface area contributed by atoms with Gasteiger partial charge in [0.1, 0.15) is 0 Å². The van der Waals surface area contributed by atoms with E-state index >= 15 is 0 Å². The van der Waals surface area contributed by atoms with E-state index in [1.54, 1.807) is 0 Å². The van der Waals surface area contributed by atoms with Gasteiger partial charge in [0.15, 0.2) is 0 Å². The van der Waals surface area contributed by atoms with Gasteiger partial charge in [-0.25, -0.2) is 0 Å². The van der Waals surface area contributed by atoms with Gasteiger partial charge in [0.2, 0.25) is 0 Å². The highest BCUT2D eigenvalue weighted by molar-refractivity contribution is 8.00. The summed E-state index contributed by atoms with van der Waals surface area (Å²) in [5, 5.41) is 4.30. The molecule has 1 saturated heterocycles. The van der Waals surface area contributed by atoms with Crippen LogP contribution < -0.4 is 5.32 Å². The number of rotatable bonds is 2. The number of hydrogen-bond acceptors (Lipinski definition) is 3. The van der Waals surface area contributed by atoms with Gasteiger partial charge in [0.25, 0.3) is 0 Å². The minimum absolute atomic E-state index is 0.604. The van der Waals surface area contributed by atoms with Crippen molar-refractivity contribution in [3.8, 4) is 0 Å². The van der Waals surface area contributed by atoms with Gasteiger partial charge in [0.05, 0.1) is 5.69 Å². The summed E-state index contributed by atoms with van der Waals surface area (Å²) < 4.78 is 0. The first-order valence-corrected chi connectivity index (χ1v) is 6.60. The molecule has 1 fully saturated rings. The molecule has 0 radical (unpaired) electrons. The Morgan fingerprint density at radius 1 is 1.47 bits per heavy atom. The van der Waals surface area contributed by atoms with E-state index in [0.717, 1.165) is 5.69 Å². The molecule has 2 atom stereocenters. The summed E-state index contributed by atoms with van der Waals surface area (Å²) in [5.74, 6) is 1.31. The maximum Gasteiger partial charge on any atom is 0.0531 e. The zero-order valence-corrected chi connectivity index (χ0v) is 10.2. The van der Waals surface area contributed by atoms with Gasteiger partial charge in [-0.05, 0) is 37.1 Å². The highest BCUT2D eigenvalue weighted by Crippen LogP contribution is 2.27. The zero-order valence-electron chi connectivity index (χ0n) is 9.36. The minimum Gasteiger partial charge on any atom is -0.380 e. The van der Waals surface area contributed by atoms with Crippen molar-refractivity contribution < 1.29 is 0 Å². The Bertz CT molecular complexity index is 327. The zero-order chi connectivity index (χ0) is 10.7. The van der Waals surface area contributed by atoms with Gasteiger partial charge in [-0.2, -0.15) is 11.8 Å². The molecule has 1 aromatic heterocycles. The lowest BCUT2D eigenvalue weighted by molar-refractivity contribution is 0.617.